The lowest BCUT2D eigenvalue weighted by Gasteiger charge is -2.18. The van der Waals surface area contributed by atoms with Crippen LogP contribution in [0.3, 0.4) is 0 Å². The molecule has 1 fully saturated rings. The van der Waals surface area contributed by atoms with Crippen LogP contribution in [-0.4, -0.2) is 26.1 Å². The predicted octanol–water partition coefficient (Wildman–Crippen LogP) is 0.557. The van der Waals surface area contributed by atoms with Crippen LogP contribution >= 0.6 is 22.6 Å². The minimum atomic E-state index is -3.72. The van der Waals surface area contributed by atoms with E-state index < -0.39 is 15.3 Å². The maximum atomic E-state index is 11.9. The summed E-state index contributed by atoms with van der Waals surface area (Å²) in [5, 5.41) is 13.0. The van der Waals surface area contributed by atoms with Gasteiger partial charge in [-0.3, -0.25) is 4.79 Å². The van der Waals surface area contributed by atoms with Gasteiger partial charge >= 0.3 is 0 Å². The number of carbonyl (C=O) groups is 1. The molecule has 1 unspecified atom stereocenters. The van der Waals surface area contributed by atoms with Crippen molar-refractivity contribution < 1.29 is 13.2 Å². The normalized spacial score (nSPS) is 19.5. The molecule has 1 aromatic rings. The van der Waals surface area contributed by atoms with Crippen LogP contribution in [0.1, 0.15) is 12.0 Å². The number of anilines is 1. The van der Waals surface area contributed by atoms with E-state index in [0.717, 1.165) is 3.57 Å². The summed E-state index contributed by atoms with van der Waals surface area (Å²) in [6.45, 7) is 0.0551. The molecule has 1 atom stereocenters. The first-order valence-electron chi connectivity index (χ1n) is 5.34. The van der Waals surface area contributed by atoms with E-state index in [4.69, 9.17) is 10.4 Å². The highest BCUT2D eigenvalue weighted by Gasteiger charge is 2.37. The topological polar surface area (TPSA) is 104 Å². The number of benzene rings is 1. The quantitative estimate of drug-likeness (QED) is 0.744. The first-order chi connectivity index (χ1) is 8.82. The van der Waals surface area contributed by atoms with Crippen molar-refractivity contribution in [3.8, 4) is 6.07 Å². The Kier molecular flexibility index (Phi) is 3.80. The van der Waals surface area contributed by atoms with Crippen LogP contribution in [0.25, 0.3) is 0 Å². The van der Waals surface area contributed by atoms with E-state index in [1.165, 1.54) is 4.90 Å². The van der Waals surface area contributed by atoms with E-state index in [1.807, 2.05) is 28.7 Å². The Balaban J connectivity index is 2.34. The van der Waals surface area contributed by atoms with Crippen LogP contribution in [0.4, 0.5) is 5.69 Å². The molecular formula is C11H10IN3O3S. The van der Waals surface area contributed by atoms with Gasteiger partial charge in [0.15, 0.2) is 0 Å². The summed E-state index contributed by atoms with van der Waals surface area (Å²) in [5.74, 6) is -0.276. The molecule has 0 saturated carbocycles. The summed E-state index contributed by atoms with van der Waals surface area (Å²) in [6, 6.07) is 6.89. The lowest BCUT2D eigenvalue weighted by atomic mass is 10.2. The minimum absolute atomic E-state index is 0.0551. The van der Waals surface area contributed by atoms with Crippen LogP contribution in [-0.2, 0) is 14.8 Å². The van der Waals surface area contributed by atoms with Crippen LogP contribution in [0.2, 0.25) is 0 Å². The van der Waals surface area contributed by atoms with Gasteiger partial charge in [-0.2, -0.15) is 5.26 Å². The molecule has 2 N–H and O–H groups in total. The maximum Gasteiger partial charge on any atom is 0.228 e. The molecule has 0 spiro atoms. The molecule has 1 heterocycles. The molecule has 8 heteroatoms. The summed E-state index contributed by atoms with van der Waals surface area (Å²) in [4.78, 5) is 13.3. The number of amides is 1. The zero-order valence-electron chi connectivity index (χ0n) is 9.71. The summed E-state index contributed by atoms with van der Waals surface area (Å²) in [5.41, 5.74) is 1.10. The summed E-state index contributed by atoms with van der Waals surface area (Å²) < 4.78 is 23.3. The second-order valence-electron chi connectivity index (χ2n) is 4.20. The van der Waals surface area contributed by atoms with Crippen LogP contribution in [0.5, 0.6) is 0 Å². The number of hydrogen-bond acceptors (Lipinski definition) is 4. The van der Waals surface area contributed by atoms with E-state index in [9.17, 15) is 13.2 Å². The van der Waals surface area contributed by atoms with E-state index in [-0.39, 0.29) is 18.9 Å². The first kappa shape index (κ1) is 14.2. The first-order valence-corrected chi connectivity index (χ1v) is 8.03. The Morgan fingerprint density at radius 2 is 2.16 bits per heavy atom. The SMILES string of the molecule is N#Cc1ccc(N2CC(S(N)(=O)=O)CC2=O)c(I)c1. The van der Waals surface area contributed by atoms with Crippen molar-refractivity contribution in [2.24, 2.45) is 5.14 Å². The molecule has 1 saturated heterocycles. The van der Waals surface area contributed by atoms with Gasteiger partial charge in [-0.1, -0.05) is 0 Å². The van der Waals surface area contributed by atoms with Crippen molar-refractivity contribution in [3.05, 3.63) is 27.3 Å². The number of hydrogen-bond donors (Lipinski definition) is 1. The average Bonchev–Trinajstić information content (AvgIpc) is 2.71. The van der Waals surface area contributed by atoms with Gasteiger partial charge < -0.3 is 4.90 Å². The Bertz CT molecular complexity index is 681. The van der Waals surface area contributed by atoms with Crippen molar-refractivity contribution in [1.29, 1.82) is 5.26 Å². The molecule has 0 bridgehead atoms. The van der Waals surface area contributed by atoms with Crippen LogP contribution in [0.15, 0.2) is 18.2 Å². The fourth-order valence-electron chi connectivity index (χ4n) is 1.92. The van der Waals surface area contributed by atoms with Gasteiger partial charge in [0.05, 0.1) is 17.3 Å². The minimum Gasteiger partial charge on any atom is -0.310 e. The monoisotopic (exact) mass is 391 g/mol. The highest BCUT2D eigenvalue weighted by atomic mass is 127. The second-order valence-corrected chi connectivity index (χ2v) is 7.20. The zero-order chi connectivity index (χ0) is 14.2. The van der Waals surface area contributed by atoms with Crippen molar-refractivity contribution in [1.82, 2.24) is 0 Å². The van der Waals surface area contributed by atoms with Crippen LogP contribution < -0.4 is 10.0 Å². The third kappa shape index (κ3) is 2.88. The van der Waals surface area contributed by atoms with E-state index in [0.29, 0.717) is 11.3 Å². The van der Waals surface area contributed by atoms with Crippen molar-refractivity contribution >= 4 is 44.2 Å². The Hall–Kier alpha value is -1.18. The van der Waals surface area contributed by atoms with Gasteiger partial charge in [0.1, 0.15) is 5.25 Å². The number of nitrogens with zero attached hydrogens (tertiary/aromatic N) is 2. The Labute approximate surface area is 124 Å². The van der Waals surface area contributed by atoms with E-state index in [1.54, 1.807) is 18.2 Å². The van der Waals surface area contributed by atoms with Gasteiger partial charge in [-0.25, -0.2) is 13.6 Å². The number of halogens is 1. The number of sulfonamides is 1. The molecule has 1 amide bonds. The standard InChI is InChI=1S/C11H10IN3O3S/c12-9-3-7(5-13)1-2-10(9)15-6-8(4-11(15)16)19(14,17)18/h1-3,8H,4,6H2,(H2,14,17,18). The highest BCUT2D eigenvalue weighted by molar-refractivity contribution is 14.1. The van der Waals surface area contributed by atoms with Crippen LogP contribution in [0, 0.1) is 14.9 Å². The third-order valence-corrected chi connectivity index (χ3v) is 5.03. The van der Waals surface area contributed by atoms with Gasteiger partial charge in [0, 0.05) is 16.5 Å². The zero-order valence-corrected chi connectivity index (χ0v) is 12.7. The second kappa shape index (κ2) is 5.07. The molecule has 100 valence electrons. The van der Waals surface area contributed by atoms with Gasteiger partial charge in [-0.05, 0) is 40.8 Å². The number of carbonyl (C=O) groups excluding carboxylic acids is 1. The highest BCUT2D eigenvalue weighted by Crippen LogP contribution is 2.29. The number of primary sulfonamides is 1. The molecule has 0 aromatic heterocycles. The summed E-state index contributed by atoms with van der Waals surface area (Å²) in [6.07, 6.45) is -0.102. The Morgan fingerprint density at radius 3 is 2.63 bits per heavy atom. The molecule has 2 rings (SSSR count). The molecular weight excluding hydrogens is 381 g/mol. The molecule has 1 aliphatic heterocycles. The molecule has 1 aliphatic rings. The average molecular weight is 391 g/mol. The van der Waals surface area contributed by atoms with Gasteiger partial charge in [0.25, 0.3) is 0 Å². The molecule has 0 aliphatic carbocycles. The number of rotatable bonds is 2. The third-order valence-electron chi connectivity index (χ3n) is 2.92. The lowest BCUT2D eigenvalue weighted by molar-refractivity contribution is -0.117. The molecule has 1 aromatic carbocycles. The largest absolute Gasteiger partial charge is 0.310 e. The Morgan fingerprint density at radius 1 is 1.47 bits per heavy atom. The smallest absolute Gasteiger partial charge is 0.228 e. The fraction of sp³-hybridized carbons (Fsp3) is 0.273. The molecule has 0 radical (unpaired) electrons. The summed E-state index contributed by atoms with van der Waals surface area (Å²) >= 11 is 2.01. The predicted molar refractivity (Wildman–Crippen MR) is 77.7 cm³/mol. The summed E-state index contributed by atoms with van der Waals surface area (Å²) in [7, 11) is -3.72. The molecule has 6 nitrogen and oxygen atoms in total. The fourth-order valence-corrected chi connectivity index (χ4v) is 3.46. The van der Waals surface area contributed by atoms with E-state index in [2.05, 4.69) is 0 Å². The number of nitriles is 1. The van der Waals surface area contributed by atoms with Crippen molar-refractivity contribution in [3.63, 3.8) is 0 Å². The number of nitrogens with two attached hydrogens (primary N) is 1. The van der Waals surface area contributed by atoms with Crippen molar-refractivity contribution in [2.45, 2.75) is 11.7 Å². The maximum absolute atomic E-state index is 11.9. The van der Waals surface area contributed by atoms with Gasteiger partial charge in [0.2, 0.25) is 15.9 Å². The lowest BCUT2D eigenvalue weighted by Crippen LogP contribution is -2.32. The van der Waals surface area contributed by atoms with Gasteiger partial charge in [-0.15, -0.1) is 0 Å². The van der Waals surface area contributed by atoms with E-state index >= 15 is 0 Å². The molecule has 19 heavy (non-hydrogen) atoms. The van der Waals surface area contributed by atoms with Crippen molar-refractivity contribution in [2.75, 3.05) is 11.4 Å².